The van der Waals surface area contributed by atoms with E-state index in [1.807, 2.05) is 13.1 Å². The van der Waals surface area contributed by atoms with Crippen LogP contribution in [0, 0.1) is 0 Å². The molecule has 0 bridgehead atoms. The summed E-state index contributed by atoms with van der Waals surface area (Å²) in [7, 11) is 1.82. The van der Waals surface area contributed by atoms with Crippen LogP contribution in [0.3, 0.4) is 0 Å². The Bertz CT molecular complexity index is 875. The van der Waals surface area contributed by atoms with Gasteiger partial charge in [0.2, 0.25) is 5.88 Å². The predicted molar refractivity (Wildman–Crippen MR) is 89.3 cm³/mol. The van der Waals surface area contributed by atoms with Crippen molar-refractivity contribution >= 4 is 17.9 Å². The van der Waals surface area contributed by atoms with Gasteiger partial charge in [0.15, 0.2) is 12.0 Å². The first kappa shape index (κ1) is 16.2. The summed E-state index contributed by atoms with van der Waals surface area (Å²) in [5, 5.41) is 9.54. The number of aliphatic hydroxyl groups excluding tert-OH is 1. The van der Waals surface area contributed by atoms with Gasteiger partial charge in [-0.2, -0.15) is 0 Å². The van der Waals surface area contributed by atoms with Gasteiger partial charge in [-0.15, -0.1) is 0 Å². The van der Waals surface area contributed by atoms with Gasteiger partial charge in [-0.05, 0) is 18.2 Å². The molecule has 1 aromatic carbocycles. The van der Waals surface area contributed by atoms with Gasteiger partial charge in [0.25, 0.3) is 0 Å². The molecule has 0 aliphatic carbocycles. The van der Waals surface area contributed by atoms with Crippen molar-refractivity contribution in [3.8, 4) is 22.9 Å². The highest BCUT2D eigenvalue weighted by Crippen LogP contribution is 2.32. The highest BCUT2D eigenvalue weighted by Gasteiger charge is 2.11. The molecule has 2 heterocycles. The zero-order valence-corrected chi connectivity index (χ0v) is 13.6. The summed E-state index contributed by atoms with van der Waals surface area (Å²) in [6.45, 7) is -0.133. The molecule has 2 aromatic heterocycles. The molecule has 6 nitrogen and oxygen atoms in total. The Morgan fingerprint density at radius 2 is 2.08 bits per heavy atom. The van der Waals surface area contributed by atoms with E-state index in [1.54, 1.807) is 41.2 Å². The van der Waals surface area contributed by atoms with Gasteiger partial charge >= 0.3 is 0 Å². The molecule has 0 amide bonds. The standard InChI is InChI=1S/C17H14ClN3O3/c1-21-14(8-19-15(21)10-23)11-5-6-16(20-7-11)24-17-12(9-22)3-2-4-13(17)18/h2-9,23H,10H2,1H3. The number of hydrogen-bond acceptors (Lipinski definition) is 5. The average Bonchev–Trinajstić information content (AvgIpc) is 2.98. The maximum absolute atomic E-state index is 11.1. The first-order valence-electron chi connectivity index (χ1n) is 7.13. The van der Waals surface area contributed by atoms with E-state index in [4.69, 9.17) is 16.3 Å². The topological polar surface area (TPSA) is 77.2 Å². The number of imidazole rings is 1. The maximum Gasteiger partial charge on any atom is 0.219 e. The van der Waals surface area contributed by atoms with Crippen molar-refractivity contribution in [2.24, 2.45) is 7.05 Å². The van der Waals surface area contributed by atoms with Crippen molar-refractivity contribution in [2.45, 2.75) is 6.61 Å². The van der Waals surface area contributed by atoms with Crippen molar-refractivity contribution < 1.29 is 14.6 Å². The Morgan fingerprint density at radius 1 is 1.25 bits per heavy atom. The smallest absolute Gasteiger partial charge is 0.219 e. The molecule has 0 unspecified atom stereocenters. The summed E-state index contributed by atoms with van der Waals surface area (Å²) < 4.78 is 7.43. The highest BCUT2D eigenvalue weighted by molar-refractivity contribution is 6.32. The Morgan fingerprint density at radius 3 is 2.71 bits per heavy atom. The van der Waals surface area contributed by atoms with E-state index in [0.717, 1.165) is 11.3 Å². The van der Waals surface area contributed by atoms with Crippen LogP contribution >= 0.6 is 11.6 Å². The number of ether oxygens (including phenoxy) is 1. The van der Waals surface area contributed by atoms with Crippen LogP contribution in [0.4, 0.5) is 0 Å². The minimum atomic E-state index is -0.133. The minimum absolute atomic E-state index is 0.133. The summed E-state index contributed by atoms with van der Waals surface area (Å²) in [6, 6.07) is 8.44. The van der Waals surface area contributed by atoms with Crippen LogP contribution in [0.5, 0.6) is 11.6 Å². The number of halogens is 1. The fourth-order valence-corrected chi connectivity index (χ4v) is 2.51. The second kappa shape index (κ2) is 6.82. The summed E-state index contributed by atoms with van der Waals surface area (Å²) in [5.41, 5.74) is 2.00. The van der Waals surface area contributed by atoms with Gasteiger partial charge in [0.1, 0.15) is 12.4 Å². The lowest BCUT2D eigenvalue weighted by molar-refractivity contribution is 0.112. The van der Waals surface area contributed by atoms with Crippen LogP contribution in [-0.4, -0.2) is 25.9 Å². The van der Waals surface area contributed by atoms with Crippen LogP contribution < -0.4 is 4.74 Å². The zero-order valence-electron chi connectivity index (χ0n) is 12.8. The number of rotatable bonds is 5. The number of aliphatic hydroxyl groups is 1. The maximum atomic E-state index is 11.1. The van der Waals surface area contributed by atoms with Crippen molar-refractivity contribution in [3.05, 3.63) is 59.1 Å². The van der Waals surface area contributed by atoms with E-state index in [0.29, 0.717) is 28.6 Å². The molecule has 0 spiro atoms. The van der Waals surface area contributed by atoms with E-state index in [2.05, 4.69) is 9.97 Å². The van der Waals surface area contributed by atoms with Crippen LogP contribution in [0.2, 0.25) is 5.02 Å². The third kappa shape index (κ3) is 3.02. The molecule has 0 saturated carbocycles. The number of aromatic nitrogens is 3. The number of carbonyl (C=O) groups excluding carboxylic acids is 1. The number of carbonyl (C=O) groups is 1. The van der Waals surface area contributed by atoms with Crippen molar-refractivity contribution in [3.63, 3.8) is 0 Å². The van der Waals surface area contributed by atoms with E-state index in [-0.39, 0.29) is 12.4 Å². The van der Waals surface area contributed by atoms with Crippen LogP contribution in [0.25, 0.3) is 11.3 Å². The fraction of sp³-hybridized carbons (Fsp3) is 0.118. The minimum Gasteiger partial charge on any atom is -0.437 e. The van der Waals surface area contributed by atoms with E-state index in [1.165, 1.54) is 0 Å². The number of pyridine rings is 1. The number of nitrogens with zero attached hydrogens (tertiary/aromatic N) is 3. The molecule has 0 aliphatic rings. The van der Waals surface area contributed by atoms with Crippen LogP contribution in [-0.2, 0) is 13.7 Å². The molecule has 122 valence electrons. The highest BCUT2D eigenvalue weighted by atomic mass is 35.5. The third-order valence-electron chi connectivity index (χ3n) is 3.59. The molecule has 3 rings (SSSR count). The number of hydrogen-bond donors (Lipinski definition) is 1. The zero-order chi connectivity index (χ0) is 17.1. The first-order valence-corrected chi connectivity index (χ1v) is 7.51. The number of para-hydroxylation sites is 1. The molecule has 0 aliphatic heterocycles. The van der Waals surface area contributed by atoms with Gasteiger partial charge in [-0.25, -0.2) is 9.97 Å². The first-order chi connectivity index (χ1) is 11.6. The summed E-state index contributed by atoms with van der Waals surface area (Å²) in [4.78, 5) is 19.5. The second-order valence-corrected chi connectivity index (χ2v) is 5.45. The Labute approximate surface area is 143 Å². The van der Waals surface area contributed by atoms with Crippen molar-refractivity contribution in [1.29, 1.82) is 0 Å². The van der Waals surface area contributed by atoms with E-state index < -0.39 is 0 Å². The molecule has 0 radical (unpaired) electrons. The van der Waals surface area contributed by atoms with Crippen molar-refractivity contribution in [1.82, 2.24) is 14.5 Å². The molecule has 0 fully saturated rings. The number of aldehydes is 1. The molecular formula is C17H14ClN3O3. The molecule has 1 N–H and O–H groups in total. The SMILES string of the molecule is Cn1c(-c2ccc(Oc3c(Cl)cccc3C=O)nc2)cnc1CO. The van der Waals surface area contributed by atoms with Gasteiger partial charge in [-0.1, -0.05) is 17.7 Å². The molecular weight excluding hydrogens is 330 g/mol. The van der Waals surface area contributed by atoms with E-state index >= 15 is 0 Å². The fourth-order valence-electron chi connectivity index (χ4n) is 2.29. The predicted octanol–water partition coefficient (Wildman–Crippen LogP) is 3.23. The normalized spacial score (nSPS) is 10.6. The van der Waals surface area contributed by atoms with E-state index in [9.17, 15) is 9.90 Å². The van der Waals surface area contributed by atoms with Crippen LogP contribution in [0.1, 0.15) is 16.2 Å². The summed E-state index contributed by atoms with van der Waals surface area (Å²) in [6.07, 6.45) is 3.98. The van der Waals surface area contributed by atoms with Gasteiger partial charge in [0, 0.05) is 24.9 Å². The average molecular weight is 344 g/mol. The molecule has 0 saturated heterocycles. The quantitative estimate of drug-likeness (QED) is 0.720. The van der Waals surface area contributed by atoms with Crippen LogP contribution in [0.15, 0.2) is 42.7 Å². The largest absolute Gasteiger partial charge is 0.437 e. The molecule has 3 aromatic rings. The Balaban J connectivity index is 1.88. The lowest BCUT2D eigenvalue weighted by Crippen LogP contribution is -1.99. The summed E-state index contributed by atoms with van der Waals surface area (Å²) >= 11 is 6.08. The monoisotopic (exact) mass is 343 g/mol. The van der Waals surface area contributed by atoms with Gasteiger partial charge in [-0.3, -0.25) is 4.79 Å². The van der Waals surface area contributed by atoms with Gasteiger partial charge in [0.05, 0.1) is 22.5 Å². The lowest BCUT2D eigenvalue weighted by Gasteiger charge is -2.09. The molecule has 24 heavy (non-hydrogen) atoms. The summed E-state index contributed by atoms with van der Waals surface area (Å²) in [5.74, 6) is 1.16. The number of benzene rings is 1. The Kier molecular flexibility index (Phi) is 4.59. The lowest BCUT2D eigenvalue weighted by atomic mass is 10.2. The second-order valence-electron chi connectivity index (χ2n) is 5.04. The Hall–Kier alpha value is -2.70. The third-order valence-corrected chi connectivity index (χ3v) is 3.89. The molecule has 7 heteroatoms. The molecule has 0 atom stereocenters. The van der Waals surface area contributed by atoms with Crippen molar-refractivity contribution in [2.75, 3.05) is 0 Å². The van der Waals surface area contributed by atoms with Gasteiger partial charge < -0.3 is 14.4 Å².